The fourth-order valence-corrected chi connectivity index (χ4v) is 1.79. The lowest BCUT2D eigenvalue weighted by Crippen LogP contribution is -2.37. The first kappa shape index (κ1) is 14.8. The summed E-state index contributed by atoms with van der Waals surface area (Å²) in [5.41, 5.74) is 6.66. The minimum atomic E-state index is -0.177. The van der Waals surface area contributed by atoms with Crippen LogP contribution >= 0.6 is 0 Å². The Kier molecular flexibility index (Phi) is 5.44. The molecule has 4 nitrogen and oxygen atoms in total. The molecule has 0 bridgehead atoms. The molecule has 0 saturated carbocycles. The Balaban J connectivity index is 2.62. The van der Waals surface area contributed by atoms with Crippen LogP contribution in [0.15, 0.2) is 24.3 Å². The molecule has 1 aromatic rings. The summed E-state index contributed by atoms with van der Waals surface area (Å²) in [6.45, 7) is 4.69. The van der Waals surface area contributed by atoms with Crippen molar-refractivity contribution in [2.75, 3.05) is 26.1 Å². The first-order valence-corrected chi connectivity index (χ1v) is 6.16. The van der Waals surface area contributed by atoms with Crippen LogP contribution in [0.4, 0.5) is 5.69 Å². The minimum absolute atomic E-state index is 0.177. The molecule has 102 valence electrons. The normalized spacial score (nSPS) is 13.2. The standard InChI is InChI=1S/C14H24N2O2/c1-14(2,18-4)9-12(10-15)16-11-5-7-13(17-3)8-6-11/h5-8,12,16H,9-10,15H2,1-4H3. The molecule has 0 aromatic heterocycles. The van der Waals surface area contributed by atoms with E-state index in [1.165, 1.54) is 0 Å². The van der Waals surface area contributed by atoms with E-state index in [1.54, 1.807) is 14.2 Å². The zero-order chi connectivity index (χ0) is 13.6. The zero-order valence-corrected chi connectivity index (χ0v) is 11.7. The van der Waals surface area contributed by atoms with Crippen molar-refractivity contribution in [2.45, 2.75) is 31.9 Å². The van der Waals surface area contributed by atoms with E-state index in [4.69, 9.17) is 15.2 Å². The Labute approximate surface area is 109 Å². The molecule has 1 atom stereocenters. The van der Waals surface area contributed by atoms with E-state index in [0.717, 1.165) is 17.9 Å². The van der Waals surface area contributed by atoms with Crippen LogP contribution in [0.5, 0.6) is 5.75 Å². The van der Waals surface area contributed by atoms with Crippen LogP contribution in [0.25, 0.3) is 0 Å². The summed E-state index contributed by atoms with van der Waals surface area (Å²) in [5, 5.41) is 3.41. The number of anilines is 1. The van der Waals surface area contributed by atoms with Crippen molar-refractivity contribution in [3.8, 4) is 5.75 Å². The van der Waals surface area contributed by atoms with Crippen molar-refractivity contribution in [3.05, 3.63) is 24.3 Å². The van der Waals surface area contributed by atoms with Crippen LogP contribution < -0.4 is 15.8 Å². The van der Waals surface area contributed by atoms with Gasteiger partial charge in [-0.15, -0.1) is 0 Å². The maximum absolute atomic E-state index is 5.80. The molecule has 4 heteroatoms. The summed E-state index contributed by atoms with van der Waals surface area (Å²) in [6.07, 6.45) is 0.853. The third-order valence-corrected chi connectivity index (χ3v) is 3.04. The van der Waals surface area contributed by atoms with Gasteiger partial charge in [-0.05, 0) is 44.5 Å². The molecule has 18 heavy (non-hydrogen) atoms. The summed E-state index contributed by atoms with van der Waals surface area (Å²) in [7, 11) is 3.38. The highest BCUT2D eigenvalue weighted by atomic mass is 16.5. The lowest BCUT2D eigenvalue weighted by Gasteiger charge is -2.29. The topological polar surface area (TPSA) is 56.5 Å². The summed E-state index contributed by atoms with van der Waals surface area (Å²) < 4.78 is 10.6. The molecule has 1 rings (SSSR count). The number of hydrogen-bond donors (Lipinski definition) is 2. The third kappa shape index (κ3) is 4.55. The second kappa shape index (κ2) is 6.61. The van der Waals surface area contributed by atoms with Gasteiger partial charge < -0.3 is 20.5 Å². The summed E-state index contributed by atoms with van der Waals surface area (Å²) >= 11 is 0. The number of nitrogens with two attached hydrogens (primary N) is 1. The van der Waals surface area contributed by atoms with Gasteiger partial charge in [0.05, 0.1) is 12.7 Å². The largest absolute Gasteiger partial charge is 0.497 e. The molecular formula is C14H24N2O2. The Morgan fingerprint density at radius 2 is 1.83 bits per heavy atom. The fraction of sp³-hybridized carbons (Fsp3) is 0.571. The summed E-state index contributed by atoms with van der Waals surface area (Å²) in [4.78, 5) is 0. The number of methoxy groups -OCH3 is 2. The van der Waals surface area contributed by atoms with E-state index in [-0.39, 0.29) is 11.6 Å². The van der Waals surface area contributed by atoms with E-state index in [9.17, 15) is 0 Å². The molecule has 0 aliphatic heterocycles. The van der Waals surface area contributed by atoms with E-state index >= 15 is 0 Å². The molecule has 0 aliphatic carbocycles. The second-order valence-corrected chi connectivity index (χ2v) is 4.97. The number of benzene rings is 1. The van der Waals surface area contributed by atoms with E-state index < -0.39 is 0 Å². The third-order valence-electron chi connectivity index (χ3n) is 3.04. The number of rotatable bonds is 7. The Bertz CT molecular complexity index is 349. The van der Waals surface area contributed by atoms with Gasteiger partial charge in [0.1, 0.15) is 5.75 Å². The van der Waals surface area contributed by atoms with Crippen LogP contribution in [0.1, 0.15) is 20.3 Å². The van der Waals surface area contributed by atoms with Gasteiger partial charge in [-0.1, -0.05) is 0 Å². The molecule has 0 spiro atoms. The molecular weight excluding hydrogens is 228 g/mol. The molecule has 0 amide bonds. The number of hydrogen-bond acceptors (Lipinski definition) is 4. The highest BCUT2D eigenvalue weighted by Crippen LogP contribution is 2.20. The van der Waals surface area contributed by atoms with E-state index in [0.29, 0.717) is 6.54 Å². The number of ether oxygens (including phenoxy) is 2. The highest BCUT2D eigenvalue weighted by molar-refractivity contribution is 5.47. The molecule has 0 radical (unpaired) electrons. The second-order valence-electron chi connectivity index (χ2n) is 4.97. The first-order valence-electron chi connectivity index (χ1n) is 6.16. The molecule has 3 N–H and O–H groups in total. The smallest absolute Gasteiger partial charge is 0.119 e. The van der Waals surface area contributed by atoms with Crippen LogP contribution in [0, 0.1) is 0 Å². The maximum atomic E-state index is 5.80. The summed E-state index contributed by atoms with van der Waals surface area (Å²) in [5.74, 6) is 0.849. The van der Waals surface area contributed by atoms with Gasteiger partial charge in [0.15, 0.2) is 0 Å². The van der Waals surface area contributed by atoms with Gasteiger partial charge in [-0.2, -0.15) is 0 Å². The van der Waals surface area contributed by atoms with Gasteiger partial charge in [0.25, 0.3) is 0 Å². The zero-order valence-electron chi connectivity index (χ0n) is 11.7. The maximum Gasteiger partial charge on any atom is 0.119 e. The van der Waals surface area contributed by atoms with E-state index in [1.807, 2.05) is 24.3 Å². The summed E-state index contributed by atoms with van der Waals surface area (Å²) in [6, 6.07) is 8.02. The van der Waals surface area contributed by atoms with Crippen molar-refractivity contribution >= 4 is 5.69 Å². The predicted octanol–water partition coefficient (Wildman–Crippen LogP) is 2.25. The van der Waals surface area contributed by atoms with Crippen molar-refractivity contribution in [1.29, 1.82) is 0 Å². The van der Waals surface area contributed by atoms with Crippen LogP contribution in [-0.2, 0) is 4.74 Å². The average molecular weight is 252 g/mol. The minimum Gasteiger partial charge on any atom is -0.497 e. The molecule has 0 saturated heterocycles. The predicted molar refractivity (Wildman–Crippen MR) is 75.2 cm³/mol. The number of nitrogens with one attached hydrogen (secondary N) is 1. The quantitative estimate of drug-likeness (QED) is 0.781. The highest BCUT2D eigenvalue weighted by Gasteiger charge is 2.21. The van der Waals surface area contributed by atoms with E-state index in [2.05, 4.69) is 19.2 Å². The molecule has 1 aromatic carbocycles. The molecule has 1 unspecified atom stereocenters. The van der Waals surface area contributed by atoms with Crippen molar-refractivity contribution < 1.29 is 9.47 Å². The van der Waals surface area contributed by atoms with Crippen LogP contribution in [0.3, 0.4) is 0 Å². The molecule has 0 aliphatic rings. The van der Waals surface area contributed by atoms with Crippen LogP contribution in [0.2, 0.25) is 0 Å². The van der Waals surface area contributed by atoms with Gasteiger partial charge in [0, 0.05) is 25.4 Å². The Morgan fingerprint density at radius 1 is 1.22 bits per heavy atom. The molecule has 0 fully saturated rings. The Morgan fingerprint density at radius 3 is 2.28 bits per heavy atom. The van der Waals surface area contributed by atoms with Crippen LogP contribution in [-0.4, -0.2) is 32.4 Å². The van der Waals surface area contributed by atoms with Gasteiger partial charge in [-0.3, -0.25) is 0 Å². The average Bonchev–Trinajstić information content (AvgIpc) is 2.38. The van der Waals surface area contributed by atoms with Crippen molar-refractivity contribution in [3.63, 3.8) is 0 Å². The Hall–Kier alpha value is -1.26. The molecule has 0 heterocycles. The van der Waals surface area contributed by atoms with Gasteiger partial charge in [-0.25, -0.2) is 0 Å². The van der Waals surface area contributed by atoms with Crippen molar-refractivity contribution in [2.24, 2.45) is 5.73 Å². The monoisotopic (exact) mass is 252 g/mol. The lowest BCUT2D eigenvalue weighted by atomic mass is 9.98. The SMILES string of the molecule is COc1ccc(NC(CN)CC(C)(C)OC)cc1. The fourth-order valence-electron chi connectivity index (χ4n) is 1.79. The van der Waals surface area contributed by atoms with Crippen molar-refractivity contribution in [1.82, 2.24) is 0 Å². The lowest BCUT2D eigenvalue weighted by molar-refractivity contribution is 0.0122. The van der Waals surface area contributed by atoms with Gasteiger partial charge >= 0.3 is 0 Å². The first-order chi connectivity index (χ1) is 8.50. The van der Waals surface area contributed by atoms with Gasteiger partial charge in [0.2, 0.25) is 0 Å².